The molecule has 0 fully saturated rings. The summed E-state index contributed by atoms with van der Waals surface area (Å²) in [7, 11) is 4.48. The molecule has 1 amide bonds. The highest BCUT2D eigenvalue weighted by Crippen LogP contribution is 2.38. The highest BCUT2D eigenvalue weighted by Gasteiger charge is 2.16. The summed E-state index contributed by atoms with van der Waals surface area (Å²) < 4.78 is 15.8. The first-order valence-electron chi connectivity index (χ1n) is 9.18. The number of hydrazone groups is 1. The van der Waals surface area contributed by atoms with E-state index in [2.05, 4.69) is 15.4 Å². The predicted molar refractivity (Wildman–Crippen MR) is 121 cm³/mol. The molecule has 1 N–H and O–H groups in total. The minimum atomic E-state index is -0.405. The number of carbonyl (C=O) groups is 1. The van der Waals surface area contributed by atoms with E-state index in [1.54, 1.807) is 18.3 Å². The quantitative estimate of drug-likeness (QED) is 0.318. The van der Waals surface area contributed by atoms with Crippen LogP contribution in [0.2, 0.25) is 0 Å². The number of anilines is 1. The average Bonchev–Trinajstić information content (AvgIpc) is 2.78. The van der Waals surface area contributed by atoms with Crippen molar-refractivity contribution in [1.29, 1.82) is 0 Å². The molecule has 0 atom stereocenters. The van der Waals surface area contributed by atoms with Crippen LogP contribution < -0.4 is 24.5 Å². The molecule has 0 aromatic heterocycles. The van der Waals surface area contributed by atoms with Crippen LogP contribution in [-0.2, 0) is 0 Å². The Morgan fingerprint density at radius 1 is 1.00 bits per heavy atom. The molecule has 2 aromatic carbocycles. The molecule has 2 rings (SSSR count). The molecular formula is C21H25Cl2N3O4. The lowest BCUT2D eigenvalue weighted by Crippen LogP contribution is -2.27. The van der Waals surface area contributed by atoms with Gasteiger partial charge < -0.3 is 19.1 Å². The second kappa shape index (κ2) is 12.1. The second-order valence-electron chi connectivity index (χ2n) is 6.07. The van der Waals surface area contributed by atoms with E-state index in [1.807, 2.05) is 24.3 Å². The Bertz CT molecular complexity index is 829. The topological polar surface area (TPSA) is 72.4 Å². The molecule has 0 saturated heterocycles. The highest BCUT2D eigenvalue weighted by molar-refractivity contribution is 6.18. The summed E-state index contributed by atoms with van der Waals surface area (Å²) in [4.78, 5) is 14.6. The molecule has 0 spiro atoms. The first-order chi connectivity index (χ1) is 14.6. The van der Waals surface area contributed by atoms with Crippen molar-refractivity contribution in [2.75, 3.05) is 51.1 Å². The molecule has 0 radical (unpaired) electrons. The summed E-state index contributed by atoms with van der Waals surface area (Å²) in [6, 6.07) is 10.8. The summed E-state index contributed by atoms with van der Waals surface area (Å²) in [5.41, 5.74) is 4.68. The summed E-state index contributed by atoms with van der Waals surface area (Å²) in [5.74, 6) is 1.83. The Hall–Kier alpha value is -2.64. The molecule has 0 unspecified atom stereocenters. The molecule has 2 aromatic rings. The van der Waals surface area contributed by atoms with Crippen LogP contribution in [0.25, 0.3) is 0 Å². The van der Waals surface area contributed by atoms with Crippen LogP contribution in [0, 0.1) is 0 Å². The van der Waals surface area contributed by atoms with Crippen LogP contribution in [0.3, 0.4) is 0 Å². The van der Waals surface area contributed by atoms with Gasteiger partial charge in [0.15, 0.2) is 11.5 Å². The lowest BCUT2D eigenvalue weighted by molar-refractivity contribution is 0.0954. The van der Waals surface area contributed by atoms with Crippen molar-refractivity contribution < 1.29 is 19.0 Å². The fraction of sp³-hybridized carbons (Fsp3) is 0.333. The van der Waals surface area contributed by atoms with E-state index in [1.165, 1.54) is 21.3 Å². The Morgan fingerprint density at radius 2 is 1.57 bits per heavy atom. The number of nitrogens with one attached hydrogen (secondary N) is 1. The third kappa shape index (κ3) is 6.18. The second-order valence-corrected chi connectivity index (χ2v) is 6.83. The fourth-order valence-electron chi connectivity index (χ4n) is 2.79. The van der Waals surface area contributed by atoms with Crippen molar-refractivity contribution in [2.24, 2.45) is 5.10 Å². The van der Waals surface area contributed by atoms with Gasteiger partial charge in [0, 0.05) is 36.1 Å². The van der Waals surface area contributed by atoms with Crippen LogP contribution in [0.4, 0.5) is 5.69 Å². The van der Waals surface area contributed by atoms with E-state index >= 15 is 0 Å². The number of rotatable bonds is 11. The molecular weight excluding hydrogens is 429 g/mol. The Balaban J connectivity index is 2.07. The van der Waals surface area contributed by atoms with Crippen LogP contribution in [-0.4, -0.2) is 58.3 Å². The first kappa shape index (κ1) is 23.6. The van der Waals surface area contributed by atoms with Crippen molar-refractivity contribution in [3.8, 4) is 17.2 Å². The molecule has 0 aliphatic rings. The SMILES string of the molecule is COc1cc(C(=O)N/N=C/c2ccc(N(CCCl)CCCl)cc2)cc(OC)c1OC. The number of methoxy groups -OCH3 is 3. The molecule has 7 nitrogen and oxygen atoms in total. The number of benzene rings is 2. The van der Waals surface area contributed by atoms with Crippen molar-refractivity contribution in [3.63, 3.8) is 0 Å². The van der Waals surface area contributed by atoms with Gasteiger partial charge in [0.1, 0.15) is 0 Å². The van der Waals surface area contributed by atoms with E-state index in [0.29, 0.717) is 47.7 Å². The summed E-state index contributed by atoms with van der Waals surface area (Å²) >= 11 is 11.7. The van der Waals surface area contributed by atoms with Gasteiger partial charge in [-0.3, -0.25) is 4.79 Å². The molecule has 0 saturated carbocycles. The summed E-state index contributed by atoms with van der Waals surface area (Å²) in [6.45, 7) is 1.43. The lowest BCUT2D eigenvalue weighted by Gasteiger charge is -2.22. The maximum Gasteiger partial charge on any atom is 0.271 e. The van der Waals surface area contributed by atoms with Gasteiger partial charge in [0.05, 0.1) is 27.5 Å². The molecule has 0 aliphatic carbocycles. The van der Waals surface area contributed by atoms with E-state index in [-0.39, 0.29) is 0 Å². The zero-order valence-electron chi connectivity index (χ0n) is 17.2. The number of hydrogen-bond acceptors (Lipinski definition) is 6. The van der Waals surface area contributed by atoms with Gasteiger partial charge in [-0.05, 0) is 29.8 Å². The Kier molecular flexibility index (Phi) is 9.57. The van der Waals surface area contributed by atoms with E-state index in [9.17, 15) is 4.79 Å². The van der Waals surface area contributed by atoms with Crippen LogP contribution >= 0.6 is 23.2 Å². The van der Waals surface area contributed by atoms with Gasteiger partial charge in [0.2, 0.25) is 5.75 Å². The lowest BCUT2D eigenvalue weighted by atomic mass is 10.1. The standard InChI is InChI=1S/C21H25Cl2N3O4/c1-28-18-12-16(13-19(29-2)20(18)30-3)21(27)25-24-14-15-4-6-17(7-5-15)26(10-8-22)11-9-23/h4-7,12-14H,8-11H2,1-3H3,(H,25,27)/b24-14+. The van der Waals surface area contributed by atoms with Crippen LogP contribution in [0.5, 0.6) is 17.2 Å². The fourth-order valence-corrected chi connectivity index (χ4v) is 3.20. The monoisotopic (exact) mass is 453 g/mol. The van der Waals surface area contributed by atoms with Crippen molar-refractivity contribution >= 4 is 41.0 Å². The highest BCUT2D eigenvalue weighted by atomic mass is 35.5. The molecule has 0 heterocycles. The van der Waals surface area contributed by atoms with Crippen molar-refractivity contribution in [3.05, 3.63) is 47.5 Å². The molecule has 0 bridgehead atoms. The first-order valence-corrected chi connectivity index (χ1v) is 10.2. The van der Waals surface area contributed by atoms with Crippen molar-refractivity contribution in [1.82, 2.24) is 5.43 Å². The maximum atomic E-state index is 12.4. The summed E-state index contributed by atoms with van der Waals surface area (Å²) in [6.07, 6.45) is 1.56. The minimum absolute atomic E-state index is 0.329. The van der Waals surface area contributed by atoms with Crippen molar-refractivity contribution in [2.45, 2.75) is 0 Å². The minimum Gasteiger partial charge on any atom is -0.493 e. The predicted octanol–water partition coefficient (Wildman–Crippen LogP) is 3.76. The molecule has 162 valence electrons. The van der Waals surface area contributed by atoms with Gasteiger partial charge in [-0.2, -0.15) is 5.10 Å². The smallest absolute Gasteiger partial charge is 0.271 e. The van der Waals surface area contributed by atoms with Gasteiger partial charge in [-0.25, -0.2) is 5.43 Å². The largest absolute Gasteiger partial charge is 0.493 e. The normalized spacial score (nSPS) is 10.7. The number of hydrogen-bond donors (Lipinski definition) is 1. The van der Waals surface area contributed by atoms with Gasteiger partial charge in [-0.15, -0.1) is 23.2 Å². The average molecular weight is 454 g/mol. The summed E-state index contributed by atoms with van der Waals surface area (Å²) in [5, 5.41) is 4.03. The van der Waals surface area contributed by atoms with Crippen LogP contribution in [0.15, 0.2) is 41.5 Å². The van der Waals surface area contributed by atoms with Gasteiger partial charge in [0.25, 0.3) is 5.91 Å². The third-order valence-corrected chi connectivity index (χ3v) is 4.61. The maximum absolute atomic E-state index is 12.4. The van der Waals surface area contributed by atoms with Crippen LogP contribution in [0.1, 0.15) is 15.9 Å². The Morgan fingerprint density at radius 3 is 2.03 bits per heavy atom. The number of ether oxygens (including phenoxy) is 3. The zero-order chi connectivity index (χ0) is 21.9. The zero-order valence-corrected chi connectivity index (χ0v) is 18.7. The number of halogens is 2. The van der Waals surface area contributed by atoms with Gasteiger partial charge >= 0.3 is 0 Å². The number of nitrogens with zero attached hydrogens (tertiary/aromatic N) is 2. The number of alkyl halides is 2. The number of carbonyl (C=O) groups excluding carboxylic acids is 1. The van der Waals surface area contributed by atoms with E-state index in [4.69, 9.17) is 37.4 Å². The van der Waals surface area contributed by atoms with E-state index < -0.39 is 5.91 Å². The van der Waals surface area contributed by atoms with Gasteiger partial charge in [-0.1, -0.05) is 12.1 Å². The molecule has 30 heavy (non-hydrogen) atoms. The third-order valence-electron chi connectivity index (χ3n) is 4.27. The molecule has 9 heteroatoms. The molecule has 0 aliphatic heterocycles. The Labute approximate surface area is 186 Å². The number of amides is 1. The van der Waals surface area contributed by atoms with E-state index in [0.717, 1.165) is 11.3 Å².